The molecule has 0 heterocycles. The number of nitrogens with two attached hydrogens (primary N) is 1. The Labute approximate surface area is 87.9 Å². The van der Waals surface area contributed by atoms with Gasteiger partial charge in [0.2, 0.25) is 0 Å². The molecule has 0 radical (unpaired) electrons. The number of aryl methyl sites for hydroxylation is 1. The third kappa shape index (κ3) is 1.68. The van der Waals surface area contributed by atoms with Gasteiger partial charge >= 0.3 is 0 Å². The van der Waals surface area contributed by atoms with E-state index in [-0.39, 0.29) is 19.5 Å². The summed E-state index contributed by atoms with van der Waals surface area (Å²) in [4.78, 5) is 0. The Balaban J connectivity index is 0.000000720. The van der Waals surface area contributed by atoms with Crippen LogP contribution in [0.1, 0.15) is 23.6 Å². The summed E-state index contributed by atoms with van der Waals surface area (Å²) in [6.45, 7) is 0. The van der Waals surface area contributed by atoms with Gasteiger partial charge in [-0.05, 0) is 36.1 Å². The predicted octanol–water partition coefficient (Wildman–Crippen LogP) is 2.51. The van der Waals surface area contributed by atoms with Crippen LogP contribution in [0.3, 0.4) is 0 Å². The highest BCUT2D eigenvalue weighted by Gasteiger charge is 2.17. The number of rotatable bonds is 0. The van der Waals surface area contributed by atoms with Gasteiger partial charge in [0.25, 0.3) is 0 Å². The Kier molecular flexibility index (Phi) is 3.21. The molecule has 0 fully saturated rings. The van der Waals surface area contributed by atoms with Gasteiger partial charge in [-0.3, -0.25) is 0 Å². The molecule has 1 aliphatic rings. The molecule has 1 atom stereocenters. The summed E-state index contributed by atoms with van der Waals surface area (Å²) in [6, 6.07) is 6.63. The van der Waals surface area contributed by atoms with Gasteiger partial charge in [-0.25, -0.2) is 0 Å². The highest BCUT2D eigenvalue weighted by Crippen LogP contribution is 2.30. The van der Waals surface area contributed by atoms with Crippen molar-refractivity contribution in [1.29, 1.82) is 0 Å². The van der Waals surface area contributed by atoms with E-state index in [2.05, 4.69) is 34.1 Å². The van der Waals surface area contributed by atoms with E-state index in [0.717, 1.165) is 17.3 Å². The zero-order valence-corrected chi connectivity index (χ0v) is 9.26. The average Bonchev–Trinajstić information content (AvgIpc) is 2.32. The first-order valence-electron chi connectivity index (χ1n) is 3.81. The smallest absolute Gasteiger partial charge is 0.0300 e. The lowest BCUT2D eigenvalue weighted by Gasteiger charge is -2.03. The Morgan fingerprint density at radius 2 is 2.17 bits per heavy atom. The molecule has 1 aromatic rings. The van der Waals surface area contributed by atoms with Crippen molar-refractivity contribution in [2.24, 2.45) is 5.73 Å². The zero-order valence-electron chi connectivity index (χ0n) is 6.68. The van der Waals surface area contributed by atoms with Crippen LogP contribution in [0.2, 0.25) is 0 Å². The predicted molar refractivity (Wildman–Crippen MR) is 59.8 cm³/mol. The van der Waals surface area contributed by atoms with Gasteiger partial charge in [0.15, 0.2) is 0 Å². The summed E-state index contributed by atoms with van der Waals surface area (Å²) < 4.78 is 1.16. The van der Waals surface area contributed by atoms with E-state index in [4.69, 9.17) is 5.73 Å². The summed E-state index contributed by atoms with van der Waals surface area (Å²) in [7, 11) is 0. The lowest BCUT2D eigenvalue weighted by Crippen LogP contribution is -2.04. The number of hydrogen-bond acceptors (Lipinski definition) is 1. The van der Waals surface area contributed by atoms with E-state index < -0.39 is 0 Å². The second-order valence-electron chi connectivity index (χ2n) is 2.99. The number of fused-ring (bicyclic) bond motifs is 1. The van der Waals surface area contributed by atoms with Crippen LogP contribution in [0.25, 0.3) is 0 Å². The fraction of sp³-hybridized carbons (Fsp3) is 0.333. The van der Waals surface area contributed by atoms with Gasteiger partial charge < -0.3 is 5.73 Å². The molecule has 12 heavy (non-hydrogen) atoms. The molecule has 1 aromatic carbocycles. The summed E-state index contributed by atoms with van der Waals surface area (Å²) in [6.07, 6.45) is 2.24. The summed E-state index contributed by atoms with van der Waals surface area (Å²) in [5.74, 6) is 0. The van der Waals surface area contributed by atoms with Gasteiger partial charge in [-0.2, -0.15) is 13.5 Å². The van der Waals surface area contributed by atoms with Gasteiger partial charge in [0.05, 0.1) is 0 Å². The first-order valence-corrected chi connectivity index (χ1v) is 4.60. The molecule has 66 valence electrons. The van der Waals surface area contributed by atoms with Crippen LogP contribution in [0.5, 0.6) is 0 Å². The first-order chi connectivity index (χ1) is 5.27. The Morgan fingerprint density at radius 3 is 2.92 bits per heavy atom. The van der Waals surface area contributed by atoms with Crippen molar-refractivity contribution >= 4 is 29.4 Å². The van der Waals surface area contributed by atoms with Crippen molar-refractivity contribution in [1.82, 2.24) is 0 Å². The molecule has 0 saturated carbocycles. The third-order valence-electron chi connectivity index (χ3n) is 2.23. The second-order valence-corrected chi connectivity index (χ2v) is 3.90. The lowest BCUT2D eigenvalue weighted by molar-refractivity contribution is 0.713. The lowest BCUT2D eigenvalue weighted by atomic mass is 10.1. The van der Waals surface area contributed by atoms with Crippen LogP contribution in [-0.4, -0.2) is 0 Å². The fourth-order valence-corrected chi connectivity index (χ4v) is 2.03. The summed E-state index contributed by atoms with van der Waals surface area (Å²) >= 11 is 3.44. The molecule has 1 aliphatic carbocycles. The van der Waals surface area contributed by atoms with Crippen molar-refractivity contribution in [2.45, 2.75) is 18.9 Å². The molecule has 0 amide bonds. The summed E-state index contributed by atoms with van der Waals surface area (Å²) in [5.41, 5.74) is 8.62. The largest absolute Gasteiger partial charge is 0.324 e. The standard InChI is InChI=1S/C9H10BrN.H2S/c10-7-2-3-8-6(5-7)1-4-9(8)11;/h2-3,5,9H,1,4,11H2;1H2/t9-;/m0./s1. The average molecular weight is 246 g/mol. The van der Waals surface area contributed by atoms with Crippen molar-refractivity contribution in [3.8, 4) is 0 Å². The van der Waals surface area contributed by atoms with Crippen molar-refractivity contribution in [3.63, 3.8) is 0 Å². The Bertz CT molecular complexity index is 288. The van der Waals surface area contributed by atoms with E-state index in [1.54, 1.807) is 0 Å². The molecule has 0 spiro atoms. The Morgan fingerprint density at radius 1 is 1.42 bits per heavy atom. The normalized spacial score (nSPS) is 20.0. The fourth-order valence-electron chi connectivity index (χ4n) is 1.62. The van der Waals surface area contributed by atoms with Gasteiger partial charge in [0, 0.05) is 10.5 Å². The van der Waals surface area contributed by atoms with Crippen LogP contribution < -0.4 is 5.73 Å². The van der Waals surface area contributed by atoms with Gasteiger partial charge in [0.1, 0.15) is 0 Å². The minimum absolute atomic E-state index is 0. The molecule has 1 nitrogen and oxygen atoms in total. The van der Waals surface area contributed by atoms with E-state index in [1.807, 2.05) is 0 Å². The van der Waals surface area contributed by atoms with E-state index >= 15 is 0 Å². The zero-order chi connectivity index (χ0) is 7.84. The maximum atomic E-state index is 5.88. The molecule has 2 N–H and O–H groups in total. The van der Waals surface area contributed by atoms with Gasteiger partial charge in [-0.1, -0.05) is 22.0 Å². The molecule has 0 saturated heterocycles. The van der Waals surface area contributed by atoms with E-state index in [1.165, 1.54) is 11.1 Å². The maximum absolute atomic E-state index is 5.88. The molecule has 0 bridgehead atoms. The minimum atomic E-state index is 0. The van der Waals surface area contributed by atoms with Crippen molar-refractivity contribution < 1.29 is 0 Å². The number of hydrogen-bond donors (Lipinski definition) is 1. The topological polar surface area (TPSA) is 26.0 Å². The minimum Gasteiger partial charge on any atom is -0.324 e. The van der Waals surface area contributed by atoms with Crippen LogP contribution in [0.15, 0.2) is 22.7 Å². The molecular weight excluding hydrogens is 234 g/mol. The van der Waals surface area contributed by atoms with Crippen LogP contribution >= 0.6 is 29.4 Å². The quantitative estimate of drug-likeness (QED) is 0.747. The third-order valence-corrected chi connectivity index (χ3v) is 2.72. The van der Waals surface area contributed by atoms with Crippen LogP contribution in [0, 0.1) is 0 Å². The molecule has 2 rings (SSSR count). The number of benzene rings is 1. The highest BCUT2D eigenvalue weighted by molar-refractivity contribution is 9.10. The monoisotopic (exact) mass is 245 g/mol. The molecule has 0 unspecified atom stereocenters. The van der Waals surface area contributed by atoms with Crippen LogP contribution in [0.4, 0.5) is 0 Å². The maximum Gasteiger partial charge on any atom is 0.0300 e. The van der Waals surface area contributed by atoms with E-state index in [0.29, 0.717) is 0 Å². The number of halogens is 1. The summed E-state index contributed by atoms with van der Waals surface area (Å²) in [5, 5.41) is 0. The van der Waals surface area contributed by atoms with Crippen LogP contribution in [-0.2, 0) is 6.42 Å². The molecular formula is C9H12BrNS. The molecule has 0 aromatic heterocycles. The highest BCUT2D eigenvalue weighted by atomic mass is 79.9. The van der Waals surface area contributed by atoms with Crippen molar-refractivity contribution in [2.75, 3.05) is 0 Å². The molecule has 3 heteroatoms. The SMILES string of the molecule is N[C@H]1CCc2cc(Br)ccc21.S. The second kappa shape index (κ2) is 3.81. The molecule has 0 aliphatic heterocycles. The Hall–Kier alpha value is 0.01000. The van der Waals surface area contributed by atoms with Crippen molar-refractivity contribution in [3.05, 3.63) is 33.8 Å². The first kappa shape index (κ1) is 10.1. The van der Waals surface area contributed by atoms with Gasteiger partial charge in [-0.15, -0.1) is 0 Å². The van der Waals surface area contributed by atoms with E-state index in [9.17, 15) is 0 Å².